The zero-order valence-electron chi connectivity index (χ0n) is 14.2. The smallest absolute Gasteiger partial charge is 0.252 e. The monoisotopic (exact) mass is 322 g/mol. The van der Waals surface area contributed by atoms with Crippen LogP contribution in [0.1, 0.15) is 42.5 Å². The molecule has 1 atom stereocenters. The van der Waals surface area contributed by atoms with Crippen molar-refractivity contribution in [3.63, 3.8) is 0 Å². The number of fused-ring (bicyclic) bond motifs is 1. The topological polar surface area (TPSA) is 55.1 Å². The Morgan fingerprint density at radius 3 is 2.67 bits per heavy atom. The molecule has 0 spiro atoms. The van der Waals surface area contributed by atoms with Crippen molar-refractivity contribution in [1.29, 1.82) is 0 Å². The van der Waals surface area contributed by atoms with Crippen LogP contribution in [0, 0.1) is 13.8 Å². The molecule has 124 valence electrons. The Morgan fingerprint density at radius 1 is 1.00 bits per heavy atom. The highest BCUT2D eigenvalue weighted by molar-refractivity contribution is 5.82. The fourth-order valence-electron chi connectivity index (χ4n) is 3.60. The first kappa shape index (κ1) is 15.1. The molecule has 0 unspecified atom stereocenters. The summed E-state index contributed by atoms with van der Waals surface area (Å²) in [5, 5.41) is 0. The van der Waals surface area contributed by atoms with E-state index in [9.17, 15) is 0 Å². The lowest BCUT2D eigenvalue weighted by Gasteiger charge is -2.22. The van der Waals surface area contributed by atoms with Gasteiger partial charge in [0.15, 0.2) is 17.2 Å². The van der Waals surface area contributed by atoms with E-state index in [2.05, 4.69) is 50.2 Å². The van der Waals surface area contributed by atoms with Crippen LogP contribution in [0.25, 0.3) is 11.2 Å². The lowest BCUT2D eigenvalue weighted by atomic mass is 9.92. The SMILES string of the molecule is Cc1nc(N2CCC[C@H](c3ccccc3)CC2)c2nc(C)oc2n1. The fourth-order valence-corrected chi connectivity index (χ4v) is 3.60. The average Bonchev–Trinajstić information content (AvgIpc) is 2.81. The van der Waals surface area contributed by atoms with E-state index < -0.39 is 0 Å². The highest BCUT2D eigenvalue weighted by Crippen LogP contribution is 2.31. The van der Waals surface area contributed by atoms with Gasteiger partial charge in [-0.1, -0.05) is 30.3 Å². The molecule has 0 N–H and O–H groups in total. The van der Waals surface area contributed by atoms with Gasteiger partial charge in [0.05, 0.1) is 0 Å². The Bertz CT molecular complexity index is 843. The highest BCUT2D eigenvalue weighted by atomic mass is 16.4. The number of aryl methyl sites for hydroxylation is 2. The maximum Gasteiger partial charge on any atom is 0.252 e. The second kappa shape index (κ2) is 6.23. The van der Waals surface area contributed by atoms with Crippen LogP contribution in [0.3, 0.4) is 0 Å². The van der Waals surface area contributed by atoms with E-state index >= 15 is 0 Å². The van der Waals surface area contributed by atoms with Gasteiger partial charge in [0.2, 0.25) is 0 Å². The summed E-state index contributed by atoms with van der Waals surface area (Å²) >= 11 is 0. The molecule has 0 bridgehead atoms. The molecule has 1 saturated heterocycles. The van der Waals surface area contributed by atoms with Gasteiger partial charge in [-0.25, -0.2) is 9.97 Å². The van der Waals surface area contributed by atoms with Crippen LogP contribution in [0.5, 0.6) is 0 Å². The zero-order chi connectivity index (χ0) is 16.5. The summed E-state index contributed by atoms with van der Waals surface area (Å²) in [6.07, 6.45) is 3.50. The predicted molar refractivity (Wildman–Crippen MR) is 94.3 cm³/mol. The van der Waals surface area contributed by atoms with E-state index in [0.29, 0.717) is 17.5 Å². The highest BCUT2D eigenvalue weighted by Gasteiger charge is 2.22. The van der Waals surface area contributed by atoms with Crippen LogP contribution in [-0.4, -0.2) is 28.0 Å². The van der Waals surface area contributed by atoms with Crippen molar-refractivity contribution in [1.82, 2.24) is 15.0 Å². The minimum absolute atomic E-state index is 0.596. The summed E-state index contributed by atoms with van der Waals surface area (Å²) in [7, 11) is 0. The second-order valence-electron chi connectivity index (χ2n) is 6.51. The standard InChI is InChI=1S/C19H22N4O/c1-13-20-18(17-19(21-13)24-14(2)22-17)23-11-6-9-16(10-12-23)15-7-4-3-5-8-15/h3-5,7-8,16H,6,9-12H2,1-2H3/t16-/m0/s1. The minimum atomic E-state index is 0.596. The molecule has 5 heteroatoms. The number of anilines is 1. The van der Waals surface area contributed by atoms with Crippen LogP contribution in [0.15, 0.2) is 34.7 Å². The number of aromatic nitrogens is 3. The number of nitrogens with zero attached hydrogens (tertiary/aromatic N) is 4. The quantitative estimate of drug-likeness (QED) is 0.713. The predicted octanol–water partition coefficient (Wildman–Crippen LogP) is 4.01. The van der Waals surface area contributed by atoms with Gasteiger partial charge in [-0.2, -0.15) is 4.98 Å². The van der Waals surface area contributed by atoms with Crippen molar-refractivity contribution in [3.05, 3.63) is 47.6 Å². The summed E-state index contributed by atoms with van der Waals surface area (Å²) in [6, 6.07) is 10.8. The van der Waals surface area contributed by atoms with E-state index in [0.717, 1.165) is 43.1 Å². The van der Waals surface area contributed by atoms with Crippen LogP contribution in [0.2, 0.25) is 0 Å². The van der Waals surface area contributed by atoms with Gasteiger partial charge in [0.1, 0.15) is 5.82 Å². The zero-order valence-corrected chi connectivity index (χ0v) is 14.2. The summed E-state index contributed by atoms with van der Waals surface area (Å²) in [5.41, 5.74) is 2.83. The molecule has 0 amide bonds. The number of benzene rings is 1. The molecule has 1 aliphatic heterocycles. The van der Waals surface area contributed by atoms with Crippen molar-refractivity contribution in [2.75, 3.05) is 18.0 Å². The molecule has 1 aromatic carbocycles. The Balaban J connectivity index is 1.62. The molecule has 0 radical (unpaired) electrons. The van der Waals surface area contributed by atoms with Crippen molar-refractivity contribution < 1.29 is 4.42 Å². The van der Waals surface area contributed by atoms with E-state index in [4.69, 9.17) is 4.42 Å². The normalized spacial score (nSPS) is 18.8. The Labute approximate surface area is 141 Å². The van der Waals surface area contributed by atoms with Gasteiger partial charge in [-0.15, -0.1) is 0 Å². The van der Waals surface area contributed by atoms with Gasteiger partial charge in [0.25, 0.3) is 5.71 Å². The summed E-state index contributed by atoms with van der Waals surface area (Å²) in [5.74, 6) is 2.91. The average molecular weight is 322 g/mol. The van der Waals surface area contributed by atoms with Gasteiger partial charge in [-0.3, -0.25) is 0 Å². The lowest BCUT2D eigenvalue weighted by molar-refractivity contribution is 0.550. The van der Waals surface area contributed by atoms with Crippen molar-refractivity contribution in [2.24, 2.45) is 0 Å². The molecule has 2 aromatic heterocycles. The summed E-state index contributed by atoms with van der Waals surface area (Å²) in [6.45, 7) is 5.75. The Hall–Kier alpha value is -2.43. The van der Waals surface area contributed by atoms with Crippen LogP contribution >= 0.6 is 0 Å². The van der Waals surface area contributed by atoms with Crippen molar-refractivity contribution in [2.45, 2.75) is 39.0 Å². The summed E-state index contributed by atoms with van der Waals surface area (Å²) < 4.78 is 5.61. The van der Waals surface area contributed by atoms with Crippen LogP contribution < -0.4 is 4.90 Å². The molecule has 5 nitrogen and oxygen atoms in total. The lowest BCUT2D eigenvalue weighted by Crippen LogP contribution is -2.26. The molecule has 4 rings (SSSR count). The van der Waals surface area contributed by atoms with Gasteiger partial charge in [0, 0.05) is 20.0 Å². The largest absolute Gasteiger partial charge is 0.422 e. The maximum atomic E-state index is 5.61. The Kier molecular flexibility index (Phi) is 3.92. The molecule has 0 saturated carbocycles. The number of hydrogen-bond donors (Lipinski definition) is 0. The van der Waals surface area contributed by atoms with Gasteiger partial charge < -0.3 is 9.32 Å². The fraction of sp³-hybridized carbons (Fsp3) is 0.421. The van der Waals surface area contributed by atoms with Gasteiger partial charge >= 0.3 is 0 Å². The number of oxazole rings is 1. The van der Waals surface area contributed by atoms with Crippen molar-refractivity contribution in [3.8, 4) is 0 Å². The third-order valence-corrected chi connectivity index (χ3v) is 4.76. The van der Waals surface area contributed by atoms with Gasteiger partial charge in [-0.05, 0) is 37.7 Å². The molecule has 24 heavy (non-hydrogen) atoms. The number of hydrogen-bond acceptors (Lipinski definition) is 5. The third-order valence-electron chi connectivity index (χ3n) is 4.76. The molecular weight excluding hydrogens is 300 g/mol. The van der Waals surface area contributed by atoms with E-state index in [1.165, 1.54) is 12.0 Å². The third kappa shape index (κ3) is 2.86. The molecule has 0 aliphatic carbocycles. The first-order chi connectivity index (χ1) is 11.7. The van der Waals surface area contributed by atoms with Crippen molar-refractivity contribution >= 4 is 17.0 Å². The first-order valence-electron chi connectivity index (χ1n) is 8.62. The van der Waals surface area contributed by atoms with E-state index in [1.54, 1.807) is 0 Å². The molecule has 1 aliphatic rings. The number of rotatable bonds is 2. The van der Waals surface area contributed by atoms with Crippen LogP contribution in [0.4, 0.5) is 5.82 Å². The molecular formula is C19H22N4O. The first-order valence-corrected chi connectivity index (χ1v) is 8.62. The van der Waals surface area contributed by atoms with E-state index in [-0.39, 0.29) is 0 Å². The van der Waals surface area contributed by atoms with Crippen LogP contribution in [-0.2, 0) is 0 Å². The molecule has 3 heterocycles. The maximum absolute atomic E-state index is 5.61. The second-order valence-corrected chi connectivity index (χ2v) is 6.51. The molecule has 1 fully saturated rings. The summed E-state index contributed by atoms with van der Waals surface area (Å²) in [4.78, 5) is 15.9. The van der Waals surface area contributed by atoms with E-state index in [1.807, 2.05) is 13.8 Å². The Morgan fingerprint density at radius 2 is 1.83 bits per heavy atom. The molecule has 3 aromatic rings. The minimum Gasteiger partial charge on any atom is -0.422 e.